The number of hydrogen-bond donors (Lipinski definition) is 0. The van der Waals surface area contributed by atoms with Crippen molar-refractivity contribution >= 4 is 0 Å². The van der Waals surface area contributed by atoms with Crippen LogP contribution in [0.5, 0.6) is 0 Å². The second-order valence-corrected chi connectivity index (χ2v) is 5.32. The molecule has 0 amide bonds. The Hall–Kier alpha value is -1.78. The lowest BCUT2D eigenvalue weighted by molar-refractivity contribution is -0.0295. The summed E-state index contributed by atoms with van der Waals surface area (Å²) in [6.45, 7) is 3.53. The number of nitrogens with zero attached hydrogens (tertiary/aromatic N) is 2. The van der Waals surface area contributed by atoms with E-state index in [0.717, 1.165) is 38.2 Å². The molecule has 0 bridgehead atoms. The van der Waals surface area contributed by atoms with E-state index in [1.54, 1.807) is 0 Å². The summed E-state index contributed by atoms with van der Waals surface area (Å²) in [4.78, 5) is 6.44. The summed E-state index contributed by atoms with van der Waals surface area (Å²) < 4.78 is 18.8. The first-order valence-electron chi connectivity index (χ1n) is 7.29. The minimum Gasteiger partial charge on any atom is -0.371 e. The van der Waals surface area contributed by atoms with E-state index in [1.807, 2.05) is 24.5 Å². The van der Waals surface area contributed by atoms with Gasteiger partial charge in [0.15, 0.2) is 0 Å². The van der Waals surface area contributed by atoms with Gasteiger partial charge in [-0.05, 0) is 41.8 Å². The maximum atomic E-state index is 13.0. The van der Waals surface area contributed by atoms with Crippen molar-refractivity contribution in [2.45, 2.75) is 12.5 Å². The van der Waals surface area contributed by atoms with Gasteiger partial charge >= 0.3 is 0 Å². The van der Waals surface area contributed by atoms with Gasteiger partial charge in [-0.15, -0.1) is 0 Å². The molecule has 1 aromatic carbocycles. The summed E-state index contributed by atoms with van der Waals surface area (Å²) in [6.07, 6.45) is 4.71. The smallest absolute Gasteiger partial charge is 0.123 e. The molecule has 1 aliphatic rings. The molecule has 21 heavy (non-hydrogen) atoms. The third-order valence-electron chi connectivity index (χ3n) is 3.86. The lowest BCUT2D eigenvalue weighted by atomic mass is 10.1. The molecule has 1 fully saturated rings. The number of pyridine rings is 1. The monoisotopic (exact) mass is 286 g/mol. The van der Waals surface area contributed by atoms with Crippen LogP contribution in [0.4, 0.5) is 4.39 Å². The van der Waals surface area contributed by atoms with Crippen LogP contribution in [0.15, 0.2) is 48.8 Å². The van der Waals surface area contributed by atoms with Crippen LogP contribution in [0.1, 0.15) is 17.2 Å². The Bertz CT molecular complexity index is 559. The highest BCUT2D eigenvalue weighted by Gasteiger charge is 2.21. The van der Waals surface area contributed by atoms with Crippen LogP contribution in [0.25, 0.3) is 0 Å². The molecule has 0 N–H and O–H groups in total. The molecule has 3 nitrogen and oxygen atoms in total. The van der Waals surface area contributed by atoms with Crippen LogP contribution in [0, 0.1) is 5.82 Å². The Morgan fingerprint density at radius 1 is 1.14 bits per heavy atom. The SMILES string of the molecule is Fc1ccc(C2CN(CCc3ccncc3)CCO2)cc1. The third kappa shape index (κ3) is 3.86. The number of aromatic nitrogens is 1. The topological polar surface area (TPSA) is 25.4 Å². The van der Waals surface area contributed by atoms with Gasteiger partial charge in [0.05, 0.1) is 12.7 Å². The number of benzene rings is 1. The average Bonchev–Trinajstić information content (AvgIpc) is 2.55. The fourth-order valence-electron chi connectivity index (χ4n) is 2.62. The average molecular weight is 286 g/mol. The van der Waals surface area contributed by atoms with Crippen molar-refractivity contribution in [3.05, 3.63) is 65.7 Å². The fraction of sp³-hybridized carbons (Fsp3) is 0.353. The molecule has 1 aromatic heterocycles. The van der Waals surface area contributed by atoms with Crippen molar-refractivity contribution in [1.82, 2.24) is 9.88 Å². The maximum absolute atomic E-state index is 13.0. The molecule has 1 aliphatic heterocycles. The molecule has 4 heteroatoms. The first-order valence-corrected chi connectivity index (χ1v) is 7.29. The summed E-state index contributed by atoms with van der Waals surface area (Å²) in [7, 11) is 0. The zero-order valence-electron chi connectivity index (χ0n) is 11.9. The Morgan fingerprint density at radius 3 is 2.67 bits per heavy atom. The number of rotatable bonds is 4. The van der Waals surface area contributed by atoms with E-state index >= 15 is 0 Å². The lowest BCUT2D eigenvalue weighted by Crippen LogP contribution is -2.39. The van der Waals surface area contributed by atoms with Gasteiger partial charge in [0.1, 0.15) is 5.82 Å². The van der Waals surface area contributed by atoms with Gasteiger partial charge in [-0.25, -0.2) is 4.39 Å². The van der Waals surface area contributed by atoms with Crippen LogP contribution in [0.2, 0.25) is 0 Å². The predicted molar refractivity (Wildman–Crippen MR) is 79.5 cm³/mol. The number of ether oxygens (including phenoxy) is 1. The number of halogens is 1. The van der Waals surface area contributed by atoms with E-state index in [2.05, 4.69) is 22.0 Å². The van der Waals surface area contributed by atoms with Crippen molar-refractivity contribution in [2.24, 2.45) is 0 Å². The van der Waals surface area contributed by atoms with Gasteiger partial charge in [0.25, 0.3) is 0 Å². The fourth-order valence-corrected chi connectivity index (χ4v) is 2.62. The molecular weight excluding hydrogens is 267 g/mol. The molecule has 0 saturated carbocycles. The molecule has 2 aromatic rings. The van der Waals surface area contributed by atoms with Crippen molar-refractivity contribution < 1.29 is 9.13 Å². The first kappa shape index (κ1) is 14.2. The van der Waals surface area contributed by atoms with Crippen molar-refractivity contribution in [3.63, 3.8) is 0 Å². The van der Waals surface area contributed by atoms with Crippen LogP contribution in [-0.2, 0) is 11.2 Å². The van der Waals surface area contributed by atoms with Gasteiger partial charge < -0.3 is 4.74 Å². The van der Waals surface area contributed by atoms with E-state index in [4.69, 9.17) is 4.74 Å². The van der Waals surface area contributed by atoms with Crippen molar-refractivity contribution in [1.29, 1.82) is 0 Å². The summed E-state index contributed by atoms with van der Waals surface area (Å²) >= 11 is 0. The van der Waals surface area contributed by atoms with E-state index < -0.39 is 0 Å². The van der Waals surface area contributed by atoms with Gasteiger partial charge in [-0.2, -0.15) is 0 Å². The zero-order chi connectivity index (χ0) is 14.5. The minimum absolute atomic E-state index is 0.0387. The summed E-state index contributed by atoms with van der Waals surface area (Å²) in [5.41, 5.74) is 2.35. The molecule has 0 spiro atoms. The van der Waals surface area contributed by atoms with Gasteiger partial charge in [0.2, 0.25) is 0 Å². The maximum Gasteiger partial charge on any atom is 0.123 e. The highest BCUT2D eigenvalue weighted by atomic mass is 19.1. The molecule has 0 radical (unpaired) electrons. The van der Waals surface area contributed by atoms with E-state index in [0.29, 0.717) is 0 Å². The second-order valence-electron chi connectivity index (χ2n) is 5.32. The van der Waals surface area contributed by atoms with Crippen molar-refractivity contribution in [2.75, 3.05) is 26.2 Å². The van der Waals surface area contributed by atoms with Crippen LogP contribution in [0.3, 0.4) is 0 Å². The van der Waals surface area contributed by atoms with Gasteiger partial charge in [-0.1, -0.05) is 12.1 Å². The standard InChI is InChI=1S/C17H19FN2O/c18-16-3-1-15(2-4-16)17-13-20(11-12-21-17)10-7-14-5-8-19-9-6-14/h1-6,8-9,17H,7,10-13H2. The summed E-state index contributed by atoms with van der Waals surface area (Å²) in [5.74, 6) is -0.205. The molecule has 1 saturated heterocycles. The molecule has 110 valence electrons. The Labute approximate surface area is 124 Å². The molecule has 2 heterocycles. The van der Waals surface area contributed by atoms with Crippen LogP contribution >= 0.6 is 0 Å². The second kappa shape index (κ2) is 6.78. The summed E-state index contributed by atoms with van der Waals surface area (Å²) in [6, 6.07) is 10.7. The minimum atomic E-state index is -0.205. The van der Waals surface area contributed by atoms with E-state index in [1.165, 1.54) is 17.7 Å². The zero-order valence-corrected chi connectivity index (χ0v) is 11.9. The quantitative estimate of drug-likeness (QED) is 0.864. The van der Waals surface area contributed by atoms with E-state index in [-0.39, 0.29) is 11.9 Å². The Morgan fingerprint density at radius 2 is 1.90 bits per heavy atom. The highest BCUT2D eigenvalue weighted by Crippen LogP contribution is 2.22. The molecular formula is C17H19FN2O. The normalized spacial score (nSPS) is 19.6. The Balaban J connectivity index is 1.57. The number of morpholine rings is 1. The van der Waals surface area contributed by atoms with Gasteiger partial charge in [-0.3, -0.25) is 9.88 Å². The molecule has 0 aliphatic carbocycles. The summed E-state index contributed by atoms with van der Waals surface area (Å²) in [5, 5.41) is 0. The molecule has 1 atom stereocenters. The first-order chi connectivity index (χ1) is 10.3. The number of hydrogen-bond acceptors (Lipinski definition) is 3. The molecule has 3 rings (SSSR count). The largest absolute Gasteiger partial charge is 0.371 e. The highest BCUT2D eigenvalue weighted by molar-refractivity contribution is 5.19. The lowest BCUT2D eigenvalue weighted by Gasteiger charge is -2.33. The van der Waals surface area contributed by atoms with Crippen LogP contribution < -0.4 is 0 Å². The predicted octanol–water partition coefficient (Wildman–Crippen LogP) is 2.84. The Kier molecular flexibility index (Phi) is 4.58. The molecule has 1 unspecified atom stereocenters. The van der Waals surface area contributed by atoms with Crippen LogP contribution in [-0.4, -0.2) is 36.1 Å². The third-order valence-corrected chi connectivity index (χ3v) is 3.86. The van der Waals surface area contributed by atoms with Crippen molar-refractivity contribution in [3.8, 4) is 0 Å². The van der Waals surface area contributed by atoms with Gasteiger partial charge in [0, 0.05) is 32.0 Å². The van der Waals surface area contributed by atoms with E-state index in [9.17, 15) is 4.39 Å².